The largest absolute Gasteiger partial charge is 0.321 e. The van der Waals surface area contributed by atoms with Gasteiger partial charge in [0.05, 0.1) is 5.69 Å². The monoisotopic (exact) mass is 309 g/mol. The SMILES string of the molecule is CCc1nnsc1C(=O)Nc1ccc2c3c(cccc13)CC2. The van der Waals surface area contributed by atoms with E-state index in [9.17, 15) is 4.79 Å². The predicted octanol–water partition coefficient (Wildman–Crippen LogP) is 3.60. The molecule has 0 radical (unpaired) electrons. The predicted molar refractivity (Wildman–Crippen MR) is 88.6 cm³/mol. The van der Waals surface area contributed by atoms with Crippen LogP contribution in [0, 0.1) is 0 Å². The van der Waals surface area contributed by atoms with Crippen molar-refractivity contribution in [3.63, 3.8) is 0 Å². The minimum absolute atomic E-state index is 0.120. The van der Waals surface area contributed by atoms with Crippen LogP contribution in [0.5, 0.6) is 0 Å². The van der Waals surface area contributed by atoms with Crippen LogP contribution in [-0.4, -0.2) is 15.5 Å². The van der Waals surface area contributed by atoms with E-state index in [1.54, 1.807) is 0 Å². The molecule has 0 saturated carbocycles. The molecule has 110 valence electrons. The topological polar surface area (TPSA) is 54.9 Å². The summed E-state index contributed by atoms with van der Waals surface area (Å²) in [5.41, 5.74) is 4.37. The van der Waals surface area contributed by atoms with Crippen LogP contribution in [0.3, 0.4) is 0 Å². The van der Waals surface area contributed by atoms with Gasteiger partial charge < -0.3 is 5.32 Å². The third kappa shape index (κ3) is 2.01. The van der Waals surface area contributed by atoms with Gasteiger partial charge in [0.2, 0.25) is 0 Å². The second-order valence-corrected chi connectivity index (χ2v) is 6.22. The average Bonchev–Trinajstić information content (AvgIpc) is 3.18. The van der Waals surface area contributed by atoms with Gasteiger partial charge in [-0.15, -0.1) is 5.10 Å². The standard InChI is InChI=1S/C17H15N3OS/c1-2-13-16(22-20-19-13)17(21)18-14-9-8-11-7-6-10-4-3-5-12(14)15(10)11/h3-5,8-9H,2,6-7H2,1H3,(H,18,21). The number of benzene rings is 2. The van der Waals surface area contributed by atoms with Crippen LogP contribution in [0.25, 0.3) is 10.8 Å². The first-order valence-electron chi connectivity index (χ1n) is 7.44. The zero-order valence-corrected chi connectivity index (χ0v) is 13.0. The number of rotatable bonds is 3. The number of aromatic nitrogens is 2. The summed E-state index contributed by atoms with van der Waals surface area (Å²) in [6.07, 6.45) is 2.88. The Bertz CT molecular complexity index is 874. The fourth-order valence-electron chi connectivity index (χ4n) is 3.15. The summed E-state index contributed by atoms with van der Waals surface area (Å²) in [4.78, 5) is 13.1. The maximum absolute atomic E-state index is 12.5. The van der Waals surface area contributed by atoms with E-state index < -0.39 is 0 Å². The lowest BCUT2D eigenvalue weighted by Crippen LogP contribution is -2.12. The van der Waals surface area contributed by atoms with Crippen molar-refractivity contribution >= 4 is 33.9 Å². The Hall–Kier alpha value is -2.27. The molecule has 22 heavy (non-hydrogen) atoms. The number of anilines is 1. The molecule has 0 fully saturated rings. The molecular weight excluding hydrogens is 294 g/mol. The van der Waals surface area contributed by atoms with Gasteiger partial charge in [0.15, 0.2) is 0 Å². The third-order valence-corrected chi connectivity index (χ3v) is 4.99. The number of nitrogens with one attached hydrogen (secondary N) is 1. The highest BCUT2D eigenvalue weighted by Gasteiger charge is 2.19. The summed E-state index contributed by atoms with van der Waals surface area (Å²) >= 11 is 1.15. The van der Waals surface area contributed by atoms with Gasteiger partial charge in [-0.2, -0.15) is 0 Å². The van der Waals surface area contributed by atoms with E-state index in [0.29, 0.717) is 11.3 Å². The number of nitrogens with zero attached hydrogens (tertiary/aromatic N) is 2. The van der Waals surface area contributed by atoms with E-state index in [-0.39, 0.29) is 5.91 Å². The van der Waals surface area contributed by atoms with Crippen LogP contribution in [0.2, 0.25) is 0 Å². The van der Waals surface area contributed by atoms with Crippen molar-refractivity contribution in [3.8, 4) is 0 Å². The molecule has 4 nitrogen and oxygen atoms in total. The second kappa shape index (κ2) is 5.18. The van der Waals surface area contributed by atoms with Gasteiger partial charge in [-0.05, 0) is 53.4 Å². The normalized spacial score (nSPS) is 12.8. The van der Waals surface area contributed by atoms with Crippen molar-refractivity contribution in [2.75, 3.05) is 5.32 Å². The first kappa shape index (κ1) is 13.4. The van der Waals surface area contributed by atoms with Gasteiger partial charge in [-0.3, -0.25) is 4.79 Å². The van der Waals surface area contributed by atoms with E-state index in [1.807, 2.05) is 13.0 Å². The lowest BCUT2D eigenvalue weighted by atomic mass is 10.0. The summed E-state index contributed by atoms with van der Waals surface area (Å²) in [5, 5.41) is 9.47. The maximum Gasteiger partial charge on any atom is 0.269 e. The highest BCUT2D eigenvalue weighted by atomic mass is 32.1. The Morgan fingerprint density at radius 2 is 2.05 bits per heavy atom. The molecule has 1 aromatic heterocycles. The van der Waals surface area contributed by atoms with Crippen molar-refractivity contribution in [2.45, 2.75) is 26.2 Å². The number of carbonyl (C=O) groups excluding carboxylic acids is 1. The van der Waals surface area contributed by atoms with Gasteiger partial charge in [-0.1, -0.05) is 35.7 Å². The summed E-state index contributed by atoms with van der Waals surface area (Å²) < 4.78 is 3.89. The summed E-state index contributed by atoms with van der Waals surface area (Å²) in [7, 11) is 0. The fraction of sp³-hybridized carbons (Fsp3) is 0.235. The highest BCUT2D eigenvalue weighted by molar-refractivity contribution is 7.08. The molecular formula is C17H15N3OS. The number of carbonyl (C=O) groups is 1. The Kier molecular flexibility index (Phi) is 3.15. The van der Waals surface area contributed by atoms with E-state index in [2.05, 4.69) is 39.2 Å². The third-order valence-electron chi connectivity index (χ3n) is 4.22. The van der Waals surface area contributed by atoms with Gasteiger partial charge in [0, 0.05) is 11.1 Å². The highest BCUT2D eigenvalue weighted by Crippen LogP contribution is 2.35. The molecule has 2 aromatic carbocycles. The number of hydrogen-bond donors (Lipinski definition) is 1. The number of aryl methyl sites for hydroxylation is 3. The molecule has 0 saturated heterocycles. The molecule has 1 amide bonds. The average molecular weight is 309 g/mol. The Morgan fingerprint density at radius 3 is 2.86 bits per heavy atom. The number of amides is 1. The molecule has 1 aliphatic carbocycles. The van der Waals surface area contributed by atoms with Gasteiger partial charge in [-0.25, -0.2) is 0 Å². The van der Waals surface area contributed by atoms with Gasteiger partial charge in [0.1, 0.15) is 4.88 Å². The molecule has 0 spiro atoms. The Labute approximate surface area is 132 Å². The van der Waals surface area contributed by atoms with Crippen molar-refractivity contribution in [3.05, 3.63) is 52.0 Å². The van der Waals surface area contributed by atoms with Gasteiger partial charge in [0.25, 0.3) is 5.91 Å². The lowest BCUT2D eigenvalue weighted by Gasteiger charge is -2.10. The Morgan fingerprint density at radius 1 is 1.23 bits per heavy atom. The molecule has 3 aromatic rings. The van der Waals surface area contributed by atoms with Crippen LogP contribution in [0.1, 0.15) is 33.4 Å². The zero-order valence-electron chi connectivity index (χ0n) is 12.2. The van der Waals surface area contributed by atoms with Crippen LogP contribution in [0.4, 0.5) is 5.69 Å². The smallest absolute Gasteiger partial charge is 0.269 e. The van der Waals surface area contributed by atoms with E-state index in [0.717, 1.165) is 41.1 Å². The lowest BCUT2D eigenvalue weighted by molar-refractivity contribution is 0.102. The van der Waals surface area contributed by atoms with Crippen molar-refractivity contribution in [2.24, 2.45) is 0 Å². The summed E-state index contributed by atoms with van der Waals surface area (Å²) in [6.45, 7) is 1.98. The second-order valence-electron chi connectivity index (χ2n) is 5.47. The molecule has 0 bridgehead atoms. The fourth-order valence-corrected chi connectivity index (χ4v) is 3.79. The van der Waals surface area contributed by atoms with Gasteiger partial charge >= 0.3 is 0 Å². The Balaban J connectivity index is 1.75. The number of hydrogen-bond acceptors (Lipinski definition) is 4. The molecule has 0 aliphatic heterocycles. The molecule has 1 aliphatic rings. The van der Waals surface area contributed by atoms with Crippen LogP contribution in [-0.2, 0) is 19.3 Å². The molecule has 0 atom stereocenters. The van der Waals surface area contributed by atoms with Crippen LogP contribution in [0.15, 0.2) is 30.3 Å². The molecule has 1 N–H and O–H groups in total. The minimum Gasteiger partial charge on any atom is -0.321 e. The first-order chi connectivity index (χ1) is 10.8. The van der Waals surface area contributed by atoms with E-state index >= 15 is 0 Å². The minimum atomic E-state index is -0.120. The van der Waals surface area contributed by atoms with Crippen LogP contribution < -0.4 is 5.32 Å². The molecule has 0 unspecified atom stereocenters. The molecule has 5 heteroatoms. The van der Waals surface area contributed by atoms with Crippen molar-refractivity contribution in [1.82, 2.24) is 9.59 Å². The zero-order chi connectivity index (χ0) is 15.1. The first-order valence-corrected chi connectivity index (χ1v) is 8.21. The molecule has 4 rings (SSSR count). The van der Waals surface area contributed by atoms with Crippen molar-refractivity contribution in [1.29, 1.82) is 0 Å². The summed E-state index contributed by atoms with van der Waals surface area (Å²) in [5.74, 6) is -0.120. The van der Waals surface area contributed by atoms with E-state index in [1.165, 1.54) is 16.5 Å². The summed E-state index contributed by atoms with van der Waals surface area (Å²) in [6, 6.07) is 10.4. The van der Waals surface area contributed by atoms with Crippen LogP contribution >= 0.6 is 11.5 Å². The molecule has 1 heterocycles. The van der Waals surface area contributed by atoms with Crippen molar-refractivity contribution < 1.29 is 4.79 Å². The maximum atomic E-state index is 12.5. The quantitative estimate of drug-likeness (QED) is 0.804. The van der Waals surface area contributed by atoms with E-state index in [4.69, 9.17) is 0 Å².